The first-order chi connectivity index (χ1) is 29.7. The van der Waals surface area contributed by atoms with E-state index in [1.165, 1.54) is 12.0 Å². The van der Waals surface area contributed by atoms with E-state index in [1.54, 1.807) is 45.2 Å². The molecule has 4 atom stereocenters. The van der Waals surface area contributed by atoms with Crippen molar-refractivity contribution in [2.75, 3.05) is 96.6 Å². The zero-order chi connectivity index (χ0) is 47.7. The van der Waals surface area contributed by atoms with Gasteiger partial charge in [-0.2, -0.15) is 0 Å². The van der Waals surface area contributed by atoms with Crippen LogP contribution in [0.1, 0.15) is 41.4 Å². The number of halogens is 6. The highest BCUT2D eigenvalue weighted by Gasteiger charge is 2.31. The van der Waals surface area contributed by atoms with Gasteiger partial charge in [0, 0.05) is 47.0 Å². The van der Waals surface area contributed by atoms with Gasteiger partial charge in [0.05, 0.1) is 118 Å². The second-order valence-electron chi connectivity index (χ2n) is 13.1. The highest BCUT2D eigenvalue weighted by molar-refractivity contribution is 14.1. The first-order valence-electron chi connectivity index (χ1n) is 18.2. The maximum Gasteiger partial charge on any atom is 0.253 e. The van der Waals surface area contributed by atoms with E-state index in [-0.39, 0.29) is 94.4 Å². The summed E-state index contributed by atoms with van der Waals surface area (Å²) < 4.78 is 6.28. The van der Waals surface area contributed by atoms with Crippen LogP contribution in [0.2, 0.25) is 0 Å². The van der Waals surface area contributed by atoms with Crippen LogP contribution in [-0.2, 0) is 14.3 Å². The van der Waals surface area contributed by atoms with Crippen molar-refractivity contribution in [2.24, 2.45) is 0 Å². The lowest BCUT2D eigenvalue weighted by molar-refractivity contribution is -0.120. The maximum atomic E-state index is 13.8. The van der Waals surface area contributed by atoms with Gasteiger partial charge in [0.15, 0.2) is 0 Å². The fraction of sp³-hybridized carbons (Fsp3) is 0.486. The molecule has 0 spiro atoms. The van der Waals surface area contributed by atoms with Gasteiger partial charge in [0.1, 0.15) is 0 Å². The van der Waals surface area contributed by atoms with Crippen LogP contribution in [0, 0.1) is 21.4 Å². The smallest absolute Gasteiger partial charge is 0.253 e. The van der Waals surface area contributed by atoms with E-state index in [0.29, 0.717) is 0 Å². The molecule has 14 N–H and O–H groups in total. The predicted molar refractivity (Wildman–Crippen MR) is 276 cm³/mol. The number of carbonyl (C=O) groups excluding carboxylic acids is 6. The Labute approximate surface area is 442 Å². The molecular formula is C35H45I6N7O15. The van der Waals surface area contributed by atoms with Crippen molar-refractivity contribution < 1.29 is 74.4 Å². The number of methoxy groups -OCH3 is 1. The Morgan fingerprint density at radius 2 is 0.746 bits per heavy atom. The minimum atomic E-state index is -1.29. The SMILES string of the molecule is COCCN(CC(=O)Nc1c(I)c(C(=O)NCC(O)CO)c(I)c(C(=O)NCC(O)CO)c1I)CC(=O)Nc1c(I)c(C(=O)NCC(O)CO)c(I)c(C(=O)NCC(O)CO)c1I. The molecule has 352 valence electrons. The Morgan fingerprint density at radius 3 is 0.968 bits per heavy atom. The van der Waals surface area contributed by atoms with Crippen LogP contribution in [0.15, 0.2) is 0 Å². The molecule has 0 saturated heterocycles. The van der Waals surface area contributed by atoms with Crippen molar-refractivity contribution in [3.63, 3.8) is 0 Å². The summed E-state index contributed by atoms with van der Waals surface area (Å²) in [5.74, 6) is -4.41. The first kappa shape index (κ1) is 58.4. The molecule has 0 aromatic heterocycles. The lowest BCUT2D eigenvalue weighted by Crippen LogP contribution is -2.41. The summed E-state index contributed by atoms with van der Waals surface area (Å²) in [6.07, 6.45) is -5.16. The zero-order valence-corrected chi connectivity index (χ0v) is 45.9. The molecule has 0 saturated carbocycles. The monoisotopic (exact) mass is 1560 g/mol. The van der Waals surface area contributed by atoms with E-state index in [1.807, 2.05) is 90.4 Å². The van der Waals surface area contributed by atoms with Crippen LogP contribution in [0.3, 0.4) is 0 Å². The van der Waals surface area contributed by atoms with Crippen LogP contribution in [0.25, 0.3) is 0 Å². The molecule has 6 amide bonds. The predicted octanol–water partition coefficient (Wildman–Crippen LogP) is -1.83. The van der Waals surface area contributed by atoms with E-state index in [9.17, 15) is 69.6 Å². The van der Waals surface area contributed by atoms with Crippen LogP contribution >= 0.6 is 136 Å². The van der Waals surface area contributed by atoms with E-state index in [4.69, 9.17) is 4.74 Å². The largest absolute Gasteiger partial charge is 0.394 e. The van der Waals surface area contributed by atoms with E-state index in [0.717, 1.165) is 0 Å². The van der Waals surface area contributed by atoms with Crippen molar-refractivity contribution in [2.45, 2.75) is 24.4 Å². The average Bonchev–Trinajstić information content (AvgIpc) is 3.24. The third-order valence-corrected chi connectivity index (χ3v) is 14.7. The molecule has 0 aliphatic heterocycles. The summed E-state index contributed by atoms with van der Waals surface area (Å²) >= 11 is 10.8. The van der Waals surface area contributed by atoms with Gasteiger partial charge in [-0.1, -0.05) is 0 Å². The van der Waals surface area contributed by atoms with Crippen LogP contribution in [-0.4, -0.2) is 192 Å². The topological polar surface area (TPSA) is 349 Å². The molecule has 2 aromatic carbocycles. The Bertz CT molecular complexity index is 1750. The summed E-state index contributed by atoms with van der Waals surface area (Å²) in [7, 11) is 1.40. The normalized spacial score (nSPS) is 13.1. The number of ether oxygens (including phenoxy) is 1. The van der Waals surface area contributed by atoms with Gasteiger partial charge >= 0.3 is 0 Å². The van der Waals surface area contributed by atoms with Gasteiger partial charge in [-0.05, 0) is 136 Å². The molecule has 0 bridgehead atoms. The Hall–Kier alpha value is -0.760. The molecule has 63 heavy (non-hydrogen) atoms. The zero-order valence-electron chi connectivity index (χ0n) is 32.9. The van der Waals surface area contributed by atoms with Gasteiger partial charge in [0.25, 0.3) is 23.6 Å². The van der Waals surface area contributed by atoms with E-state index < -0.39 is 99.4 Å². The van der Waals surface area contributed by atoms with E-state index >= 15 is 0 Å². The van der Waals surface area contributed by atoms with Gasteiger partial charge in [-0.3, -0.25) is 33.7 Å². The number of aliphatic hydroxyl groups is 8. The summed E-state index contributed by atoms with van der Waals surface area (Å²) in [4.78, 5) is 82.9. The number of hydrogen-bond acceptors (Lipinski definition) is 16. The summed E-state index contributed by atoms with van der Waals surface area (Å²) in [6, 6.07) is 0. The number of benzene rings is 2. The number of amides is 6. The number of anilines is 2. The summed E-state index contributed by atoms with van der Waals surface area (Å²) in [6.45, 7) is -4.77. The minimum Gasteiger partial charge on any atom is -0.394 e. The minimum absolute atomic E-state index is 0.0302. The van der Waals surface area contributed by atoms with Gasteiger partial charge in [0.2, 0.25) is 11.8 Å². The maximum absolute atomic E-state index is 13.8. The number of hydrogen-bond donors (Lipinski definition) is 14. The van der Waals surface area contributed by atoms with Crippen LogP contribution in [0.5, 0.6) is 0 Å². The fourth-order valence-electron chi connectivity index (χ4n) is 5.00. The quantitative estimate of drug-likeness (QED) is 0.0487. The van der Waals surface area contributed by atoms with Gasteiger partial charge in [-0.15, -0.1) is 0 Å². The second kappa shape index (κ2) is 29.2. The van der Waals surface area contributed by atoms with Crippen molar-refractivity contribution in [3.05, 3.63) is 43.7 Å². The first-order valence-corrected chi connectivity index (χ1v) is 24.7. The van der Waals surface area contributed by atoms with Crippen LogP contribution < -0.4 is 31.9 Å². The fourth-order valence-corrected chi connectivity index (χ4v) is 13.8. The standard InChI is InChI=1S/C35H45I6N7O15/c1-63-3-2-48(8-18(57)46-30-26(38)20(32(59)42-4-14(53)10-49)24(36)21(27(30)39)33(60)43-5-15(54)11-50)9-19(58)47-31-28(40)22(34(61)44-6-16(55)12-51)25(37)23(29(31)41)35(62)45-7-17(56)13-52/h14-17,49-56H,2-13H2,1H3,(H,42,59)(H,43,60)(H,44,61)(H,45,62)(H,46,57)(H,47,58). The van der Waals surface area contributed by atoms with Crippen molar-refractivity contribution in [1.82, 2.24) is 26.2 Å². The molecule has 2 aromatic rings. The third-order valence-electron chi connectivity index (χ3n) is 8.25. The lowest BCUT2D eigenvalue weighted by Gasteiger charge is -2.24. The Morgan fingerprint density at radius 1 is 0.492 bits per heavy atom. The third kappa shape index (κ3) is 17.4. The Kier molecular flexibility index (Phi) is 27.1. The van der Waals surface area contributed by atoms with Gasteiger partial charge < -0.3 is 77.5 Å². The summed E-state index contributed by atoms with van der Waals surface area (Å²) in [5, 5.41) is 91.7. The molecule has 0 aliphatic carbocycles. The molecular weight excluding hydrogens is 1520 g/mol. The lowest BCUT2D eigenvalue weighted by atomic mass is 10.1. The highest BCUT2D eigenvalue weighted by atomic mass is 127. The number of aliphatic hydroxyl groups excluding tert-OH is 8. The average molecular weight is 1570 g/mol. The molecule has 4 unspecified atom stereocenters. The number of nitrogens with zero attached hydrogens (tertiary/aromatic N) is 1. The molecule has 28 heteroatoms. The molecule has 0 aliphatic rings. The number of nitrogens with one attached hydrogen (secondary N) is 6. The van der Waals surface area contributed by atoms with Crippen molar-refractivity contribution in [3.8, 4) is 0 Å². The van der Waals surface area contributed by atoms with Gasteiger partial charge in [-0.25, -0.2) is 0 Å². The van der Waals surface area contributed by atoms with Crippen molar-refractivity contribution >= 4 is 182 Å². The molecule has 0 heterocycles. The molecule has 0 radical (unpaired) electrons. The highest BCUT2D eigenvalue weighted by Crippen LogP contribution is 2.37. The summed E-state index contributed by atoms with van der Waals surface area (Å²) in [5.41, 5.74) is -0.155. The Balaban J connectivity index is 2.57. The number of rotatable bonds is 25. The molecule has 22 nitrogen and oxygen atoms in total. The molecule has 0 fully saturated rings. The number of carbonyl (C=O) groups is 6. The van der Waals surface area contributed by atoms with Crippen LogP contribution in [0.4, 0.5) is 11.4 Å². The molecule has 2 rings (SSSR count). The van der Waals surface area contributed by atoms with E-state index in [2.05, 4.69) is 31.9 Å². The van der Waals surface area contributed by atoms with Crippen molar-refractivity contribution in [1.29, 1.82) is 0 Å². The second-order valence-corrected chi connectivity index (χ2v) is 19.6.